The summed E-state index contributed by atoms with van der Waals surface area (Å²) >= 11 is 1.95. The molecular weight excluding hydrogens is 480 g/mol. The monoisotopic (exact) mass is 514 g/mol. The lowest BCUT2D eigenvalue weighted by Gasteiger charge is -2.32. The Balaban J connectivity index is 1.41. The smallest absolute Gasteiger partial charge is 0.251 e. The highest BCUT2D eigenvalue weighted by Gasteiger charge is 2.25. The van der Waals surface area contributed by atoms with Crippen molar-refractivity contribution in [1.82, 2.24) is 20.2 Å². The normalized spacial score (nSPS) is 17.1. The Labute approximate surface area is 221 Å². The number of aromatic amines is 1. The third kappa shape index (κ3) is 5.00. The van der Waals surface area contributed by atoms with Gasteiger partial charge < -0.3 is 20.3 Å². The number of nitrogens with one attached hydrogen (secondary N) is 2. The van der Waals surface area contributed by atoms with E-state index in [9.17, 15) is 9.90 Å². The van der Waals surface area contributed by atoms with Gasteiger partial charge in [0.05, 0.1) is 12.1 Å². The van der Waals surface area contributed by atoms with E-state index in [1.54, 1.807) is 0 Å². The van der Waals surface area contributed by atoms with Crippen LogP contribution in [-0.4, -0.2) is 63.4 Å². The number of piperidine rings is 1. The molecule has 3 heterocycles. The molecule has 3 N–H and O–H groups in total. The number of fused-ring (bicyclic) bond motifs is 3. The molecule has 2 fully saturated rings. The third-order valence-electron chi connectivity index (χ3n) is 7.68. The fraction of sp³-hybridized carbons (Fsp3) is 0.400. The molecule has 0 atom stereocenters. The second-order valence-electron chi connectivity index (χ2n) is 10.5. The Morgan fingerprint density at radius 3 is 2.73 bits per heavy atom. The summed E-state index contributed by atoms with van der Waals surface area (Å²) in [5.74, 6) is -0.0208. The molecule has 6 nitrogen and oxygen atoms in total. The number of aliphatic hydroxyl groups is 1. The van der Waals surface area contributed by atoms with E-state index in [0.29, 0.717) is 12.1 Å². The number of hydrogen-bond acceptors (Lipinski definition) is 5. The van der Waals surface area contributed by atoms with Crippen LogP contribution < -0.4 is 5.32 Å². The maximum Gasteiger partial charge on any atom is 0.251 e. The summed E-state index contributed by atoms with van der Waals surface area (Å²) in [6.45, 7) is 6.77. The van der Waals surface area contributed by atoms with Crippen LogP contribution in [0.25, 0.3) is 33.1 Å². The molecule has 2 aromatic heterocycles. The van der Waals surface area contributed by atoms with Crippen LogP contribution in [0, 0.1) is 13.8 Å². The Morgan fingerprint density at radius 2 is 1.97 bits per heavy atom. The number of likely N-dealkylation sites (tertiary alicyclic amines) is 1. The van der Waals surface area contributed by atoms with E-state index < -0.39 is 0 Å². The van der Waals surface area contributed by atoms with E-state index in [2.05, 4.69) is 63.5 Å². The number of thioether (sulfide) groups is 1. The number of aliphatic hydroxyl groups excluding tert-OH is 1. The molecule has 37 heavy (non-hydrogen) atoms. The second-order valence-corrected chi connectivity index (χ2v) is 11.9. The van der Waals surface area contributed by atoms with Gasteiger partial charge in [0.25, 0.3) is 5.91 Å². The molecule has 0 spiro atoms. The number of aryl methyl sites for hydroxylation is 2. The largest absolute Gasteiger partial charge is 0.395 e. The average molecular weight is 515 g/mol. The Bertz CT molecular complexity index is 1470. The molecular formula is C30H34N4O2S. The van der Waals surface area contributed by atoms with Crippen LogP contribution >= 0.6 is 11.8 Å². The average Bonchev–Trinajstić information content (AvgIpc) is 3.63. The first kappa shape index (κ1) is 24.5. The molecule has 4 aromatic rings. The number of carbonyl (C=O) groups is 1. The lowest BCUT2D eigenvalue weighted by molar-refractivity contribution is 0.0902. The first-order valence-corrected chi connectivity index (χ1v) is 14.2. The molecule has 0 radical (unpaired) electrons. The first-order chi connectivity index (χ1) is 18.0. The number of H-pyrrole nitrogens is 1. The van der Waals surface area contributed by atoms with Crippen molar-refractivity contribution in [2.24, 2.45) is 0 Å². The van der Waals surface area contributed by atoms with E-state index >= 15 is 0 Å². The second kappa shape index (κ2) is 10.1. The molecule has 7 heteroatoms. The molecule has 192 valence electrons. The number of β-amino-alcohol motifs (C(OH)–C–C–N with tert-alkyl or cyclic N) is 1. The van der Waals surface area contributed by atoms with Gasteiger partial charge in [-0.05, 0) is 86.1 Å². The topological polar surface area (TPSA) is 81.2 Å². The van der Waals surface area contributed by atoms with Crippen molar-refractivity contribution in [3.63, 3.8) is 0 Å². The minimum absolute atomic E-state index is 0.0208. The highest BCUT2D eigenvalue weighted by atomic mass is 32.2. The van der Waals surface area contributed by atoms with Gasteiger partial charge in [-0.2, -0.15) is 0 Å². The molecule has 0 bridgehead atoms. The number of aromatic nitrogens is 2. The zero-order chi connectivity index (χ0) is 25.5. The summed E-state index contributed by atoms with van der Waals surface area (Å²) in [7, 11) is 0. The van der Waals surface area contributed by atoms with Crippen molar-refractivity contribution < 1.29 is 9.90 Å². The highest BCUT2D eigenvalue weighted by Crippen LogP contribution is 2.42. The maximum atomic E-state index is 13.7. The molecule has 1 amide bonds. The number of rotatable bonds is 7. The van der Waals surface area contributed by atoms with Crippen molar-refractivity contribution in [3.05, 3.63) is 59.3 Å². The van der Waals surface area contributed by atoms with Gasteiger partial charge in [-0.25, -0.2) is 4.98 Å². The van der Waals surface area contributed by atoms with E-state index in [1.807, 2.05) is 24.9 Å². The number of nitrogens with zero attached hydrogens (tertiary/aromatic N) is 2. The molecule has 1 aliphatic carbocycles. The molecule has 1 aliphatic heterocycles. The van der Waals surface area contributed by atoms with E-state index in [0.717, 1.165) is 75.4 Å². The van der Waals surface area contributed by atoms with Crippen LogP contribution in [0.5, 0.6) is 0 Å². The summed E-state index contributed by atoms with van der Waals surface area (Å²) in [6, 6.07) is 13.2. The minimum Gasteiger partial charge on any atom is -0.395 e. The van der Waals surface area contributed by atoms with Crippen LogP contribution in [0.15, 0.2) is 47.5 Å². The SMILES string of the molecule is Cc1cnc2[nH]c3c(C)c(C(=O)NC4CCN(CCO)CC4)cc(-c4cccc(SC5CC5)c4)c3c2c1. The standard InChI is InChI=1S/C30H34N4O2S/c1-18-14-26-27-25(20-4-3-5-23(15-20)37-22-6-7-22)16-24(19(2)28(27)33-29(26)31-17-18)30(36)32-21-8-10-34(11-9-21)12-13-35/h3-5,14-17,21-22,35H,6-13H2,1-2H3,(H,31,33)(H,32,36). The summed E-state index contributed by atoms with van der Waals surface area (Å²) in [5, 5.41) is 15.5. The summed E-state index contributed by atoms with van der Waals surface area (Å²) in [5.41, 5.74) is 6.81. The fourth-order valence-corrected chi connectivity index (χ4v) is 6.59. The quantitative estimate of drug-likeness (QED) is 0.306. The molecule has 1 saturated heterocycles. The zero-order valence-corrected chi connectivity index (χ0v) is 22.3. The van der Waals surface area contributed by atoms with Crippen molar-refractivity contribution in [2.45, 2.75) is 55.7 Å². The molecule has 1 saturated carbocycles. The lowest BCUT2D eigenvalue weighted by Crippen LogP contribution is -2.45. The molecule has 2 aliphatic rings. The predicted octanol–water partition coefficient (Wildman–Crippen LogP) is 5.44. The predicted molar refractivity (Wildman–Crippen MR) is 151 cm³/mol. The number of hydrogen-bond donors (Lipinski definition) is 3. The first-order valence-electron chi connectivity index (χ1n) is 13.3. The molecule has 0 unspecified atom stereocenters. The van der Waals surface area contributed by atoms with E-state index in [1.165, 1.54) is 17.7 Å². The lowest BCUT2D eigenvalue weighted by atomic mass is 9.93. The van der Waals surface area contributed by atoms with Gasteiger partial charge in [-0.15, -0.1) is 11.8 Å². The van der Waals surface area contributed by atoms with Crippen molar-refractivity contribution >= 4 is 39.6 Å². The van der Waals surface area contributed by atoms with Gasteiger partial charge in [-0.1, -0.05) is 12.1 Å². The Morgan fingerprint density at radius 1 is 1.16 bits per heavy atom. The maximum absolute atomic E-state index is 13.7. The highest BCUT2D eigenvalue weighted by molar-refractivity contribution is 8.00. The minimum atomic E-state index is -0.0208. The van der Waals surface area contributed by atoms with Crippen molar-refractivity contribution in [1.29, 1.82) is 0 Å². The van der Waals surface area contributed by atoms with Crippen LogP contribution in [0.4, 0.5) is 0 Å². The van der Waals surface area contributed by atoms with Crippen LogP contribution in [-0.2, 0) is 0 Å². The number of benzene rings is 2. The van der Waals surface area contributed by atoms with Crippen LogP contribution in [0.2, 0.25) is 0 Å². The van der Waals surface area contributed by atoms with Gasteiger partial charge in [0.2, 0.25) is 0 Å². The van der Waals surface area contributed by atoms with Crippen molar-refractivity contribution in [2.75, 3.05) is 26.2 Å². The van der Waals surface area contributed by atoms with Gasteiger partial charge in [0.1, 0.15) is 5.65 Å². The summed E-state index contributed by atoms with van der Waals surface area (Å²) in [4.78, 5) is 25.4. The number of carbonyl (C=O) groups excluding carboxylic acids is 1. The zero-order valence-electron chi connectivity index (χ0n) is 21.5. The van der Waals surface area contributed by atoms with Gasteiger partial charge >= 0.3 is 0 Å². The van der Waals surface area contributed by atoms with Gasteiger partial charge in [0, 0.05) is 58.4 Å². The van der Waals surface area contributed by atoms with E-state index in [-0.39, 0.29) is 18.6 Å². The third-order valence-corrected chi connectivity index (χ3v) is 9.01. The van der Waals surface area contributed by atoms with Crippen molar-refractivity contribution in [3.8, 4) is 11.1 Å². The summed E-state index contributed by atoms with van der Waals surface area (Å²) in [6.07, 6.45) is 6.27. The van der Waals surface area contributed by atoms with Crippen LogP contribution in [0.1, 0.15) is 47.2 Å². The number of amides is 1. The molecule has 2 aromatic carbocycles. The Kier molecular flexibility index (Phi) is 6.69. The van der Waals surface area contributed by atoms with Crippen LogP contribution in [0.3, 0.4) is 0 Å². The fourth-order valence-electron chi connectivity index (χ4n) is 5.48. The Hall–Kier alpha value is -2.87. The molecule has 6 rings (SSSR count). The van der Waals surface area contributed by atoms with Gasteiger partial charge in [-0.3, -0.25) is 4.79 Å². The summed E-state index contributed by atoms with van der Waals surface area (Å²) < 4.78 is 0. The van der Waals surface area contributed by atoms with Gasteiger partial charge in [0.15, 0.2) is 0 Å². The number of pyridine rings is 1. The van der Waals surface area contributed by atoms with E-state index in [4.69, 9.17) is 0 Å².